The summed E-state index contributed by atoms with van der Waals surface area (Å²) in [5.41, 5.74) is 0.800. The number of amides is 1. The number of rotatable bonds is 2. The van der Waals surface area contributed by atoms with Gasteiger partial charge in [0, 0.05) is 24.9 Å². The van der Waals surface area contributed by atoms with E-state index in [1.54, 1.807) is 25.3 Å². The van der Waals surface area contributed by atoms with Crippen molar-refractivity contribution in [1.29, 1.82) is 0 Å². The summed E-state index contributed by atoms with van der Waals surface area (Å²) in [7, 11) is 1.55. The maximum absolute atomic E-state index is 11.0. The van der Waals surface area contributed by atoms with Crippen LogP contribution in [0.2, 0.25) is 0 Å². The second-order valence-corrected chi connectivity index (χ2v) is 3.63. The average Bonchev–Trinajstić information content (AvgIpc) is 2.64. The number of hydrogen-bond donors (Lipinski definition) is 2. The Bertz CT molecular complexity index is 389. The number of nitrogens with one attached hydrogen (secondary N) is 1. The minimum Gasteiger partial charge on any atom is -0.508 e. The average molecular weight is 207 g/mol. The molecule has 0 aromatic heterocycles. The van der Waals surface area contributed by atoms with E-state index in [4.69, 9.17) is 4.74 Å². The van der Waals surface area contributed by atoms with Gasteiger partial charge in [-0.05, 0) is 11.6 Å². The molecule has 1 fully saturated rings. The molecule has 0 bridgehead atoms. The second-order valence-electron chi connectivity index (χ2n) is 3.63. The lowest BCUT2D eigenvalue weighted by Gasteiger charge is -2.11. The number of phenols is 1. The third-order valence-electron chi connectivity index (χ3n) is 2.65. The molecule has 0 spiro atoms. The Morgan fingerprint density at radius 3 is 2.87 bits per heavy atom. The largest absolute Gasteiger partial charge is 0.508 e. The number of phenolic OH excluding ortho intramolecular Hbond substituents is 1. The van der Waals surface area contributed by atoms with E-state index in [1.165, 1.54) is 0 Å². The molecule has 1 unspecified atom stereocenters. The summed E-state index contributed by atoms with van der Waals surface area (Å²) in [5.74, 6) is 0.919. The summed E-state index contributed by atoms with van der Waals surface area (Å²) in [6, 6.07) is 5.16. The molecule has 1 atom stereocenters. The summed E-state index contributed by atoms with van der Waals surface area (Å²) in [6.45, 7) is 0.596. The zero-order chi connectivity index (χ0) is 10.8. The third kappa shape index (κ3) is 1.88. The minimum atomic E-state index is 0.0372. The molecular weight excluding hydrogens is 194 g/mol. The van der Waals surface area contributed by atoms with Gasteiger partial charge < -0.3 is 15.2 Å². The number of methoxy groups -OCH3 is 1. The molecule has 4 heteroatoms. The van der Waals surface area contributed by atoms with Crippen LogP contribution in [0, 0.1) is 0 Å². The predicted octanol–water partition coefficient (Wildman–Crippen LogP) is 1.00. The van der Waals surface area contributed by atoms with Crippen LogP contribution in [0.15, 0.2) is 18.2 Å². The molecule has 80 valence electrons. The Hall–Kier alpha value is -1.71. The van der Waals surface area contributed by atoms with Crippen LogP contribution in [-0.2, 0) is 4.79 Å². The van der Waals surface area contributed by atoms with Crippen LogP contribution >= 0.6 is 0 Å². The molecule has 1 heterocycles. The maximum atomic E-state index is 11.0. The fraction of sp³-hybridized carbons (Fsp3) is 0.364. The van der Waals surface area contributed by atoms with Crippen LogP contribution in [0.25, 0.3) is 0 Å². The highest BCUT2D eigenvalue weighted by atomic mass is 16.5. The first-order valence-electron chi connectivity index (χ1n) is 4.84. The summed E-state index contributed by atoms with van der Waals surface area (Å²) < 4.78 is 4.99. The van der Waals surface area contributed by atoms with Crippen LogP contribution < -0.4 is 10.1 Å². The summed E-state index contributed by atoms with van der Waals surface area (Å²) in [5, 5.41) is 12.5. The van der Waals surface area contributed by atoms with E-state index in [0.717, 1.165) is 5.56 Å². The molecule has 1 amide bonds. The zero-order valence-electron chi connectivity index (χ0n) is 8.49. The molecule has 0 radical (unpaired) electrons. The van der Waals surface area contributed by atoms with Gasteiger partial charge in [-0.3, -0.25) is 4.79 Å². The number of ether oxygens (including phenoxy) is 1. The first-order valence-corrected chi connectivity index (χ1v) is 4.84. The van der Waals surface area contributed by atoms with Crippen molar-refractivity contribution in [2.45, 2.75) is 12.3 Å². The first-order chi connectivity index (χ1) is 7.20. The van der Waals surface area contributed by atoms with E-state index in [-0.39, 0.29) is 17.6 Å². The lowest BCUT2D eigenvalue weighted by molar-refractivity contribution is -0.119. The van der Waals surface area contributed by atoms with Crippen LogP contribution in [0.4, 0.5) is 0 Å². The van der Waals surface area contributed by atoms with E-state index >= 15 is 0 Å². The Balaban J connectivity index is 2.25. The fourth-order valence-electron chi connectivity index (χ4n) is 1.82. The zero-order valence-corrected chi connectivity index (χ0v) is 8.49. The first kappa shape index (κ1) is 9.83. The number of carbonyl (C=O) groups is 1. The SMILES string of the molecule is COc1ccc(C2CNC(=O)C2)c(O)c1. The van der Waals surface area contributed by atoms with Crippen molar-refractivity contribution in [2.24, 2.45) is 0 Å². The van der Waals surface area contributed by atoms with Gasteiger partial charge in [0.15, 0.2) is 0 Å². The lowest BCUT2D eigenvalue weighted by Crippen LogP contribution is -2.13. The second kappa shape index (κ2) is 3.81. The van der Waals surface area contributed by atoms with Crippen molar-refractivity contribution in [2.75, 3.05) is 13.7 Å². The van der Waals surface area contributed by atoms with Gasteiger partial charge in [-0.1, -0.05) is 6.07 Å². The standard InChI is InChI=1S/C11H13NO3/c1-15-8-2-3-9(10(13)5-8)7-4-11(14)12-6-7/h2-3,5,7,13H,4,6H2,1H3,(H,12,14). The van der Waals surface area contributed by atoms with Crippen LogP contribution in [0.3, 0.4) is 0 Å². The number of aromatic hydroxyl groups is 1. The molecule has 1 aliphatic heterocycles. The topological polar surface area (TPSA) is 58.6 Å². The van der Waals surface area contributed by atoms with Crippen molar-refractivity contribution in [3.8, 4) is 11.5 Å². The predicted molar refractivity (Wildman–Crippen MR) is 55.0 cm³/mol. The Morgan fingerprint density at radius 2 is 2.33 bits per heavy atom. The molecule has 1 aromatic rings. The van der Waals surface area contributed by atoms with Crippen LogP contribution in [0.1, 0.15) is 17.9 Å². The van der Waals surface area contributed by atoms with Crippen molar-refractivity contribution in [3.63, 3.8) is 0 Å². The number of benzene rings is 1. The smallest absolute Gasteiger partial charge is 0.220 e. The minimum absolute atomic E-state index is 0.0372. The van der Waals surface area contributed by atoms with E-state index in [2.05, 4.69) is 5.32 Å². The van der Waals surface area contributed by atoms with Crippen LogP contribution in [-0.4, -0.2) is 24.7 Å². The van der Waals surface area contributed by atoms with E-state index in [0.29, 0.717) is 18.7 Å². The number of carbonyl (C=O) groups excluding carboxylic acids is 1. The van der Waals surface area contributed by atoms with Gasteiger partial charge in [0.2, 0.25) is 5.91 Å². The van der Waals surface area contributed by atoms with Gasteiger partial charge in [0.05, 0.1) is 7.11 Å². The van der Waals surface area contributed by atoms with Gasteiger partial charge >= 0.3 is 0 Å². The van der Waals surface area contributed by atoms with E-state index in [1.807, 2.05) is 0 Å². The molecule has 1 saturated heterocycles. The normalized spacial score (nSPS) is 20.1. The van der Waals surface area contributed by atoms with Crippen molar-refractivity contribution >= 4 is 5.91 Å². The summed E-state index contributed by atoms with van der Waals surface area (Å²) in [4.78, 5) is 11.0. The summed E-state index contributed by atoms with van der Waals surface area (Å²) >= 11 is 0. The Labute approximate surface area is 87.9 Å². The van der Waals surface area contributed by atoms with Crippen molar-refractivity contribution in [3.05, 3.63) is 23.8 Å². The van der Waals surface area contributed by atoms with Crippen LogP contribution in [0.5, 0.6) is 11.5 Å². The molecular formula is C11H13NO3. The Morgan fingerprint density at radius 1 is 1.53 bits per heavy atom. The van der Waals surface area contributed by atoms with E-state index < -0.39 is 0 Å². The number of hydrogen-bond acceptors (Lipinski definition) is 3. The molecule has 2 N–H and O–H groups in total. The van der Waals surface area contributed by atoms with Gasteiger partial charge in [0.25, 0.3) is 0 Å². The molecule has 2 rings (SSSR count). The molecule has 15 heavy (non-hydrogen) atoms. The monoisotopic (exact) mass is 207 g/mol. The maximum Gasteiger partial charge on any atom is 0.220 e. The van der Waals surface area contributed by atoms with Gasteiger partial charge in [-0.25, -0.2) is 0 Å². The van der Waals surface area contributed by atoms with Gasteiger partial charge in [0.1, 0.15) is 11.5 Å². The van der Waals surface area contributed by atoms with Crippen molar-refractivity contribution in [1.82, 2.24) is 5.32 Å². The van der Waals surface area contributed by atoms with Gasteiger partial charge in [-0.15, -0.1) is 0 Å². The highest BCUT2D eigenvalue weighted by Crippen LogP contribution is 2.32. The molecule has 0 aliphatic carbocycles. The fourth-order valence-corrected chi connectivity index (χ4v) is 1.82. The van der Waals surface area contributed by atoms with Crippen molar-refractivity contribution < 1.29 is 14.6 Å². The Kier molecular flexibility index (Phi) is 2.49. The highest BCUT2D eigenvalue weighted by molar-refractivity contribution is 5.79. The van der Waals surface area contributed by atoms with E-state index in [9.17, 15) is 9.90 Å². The quantitative estimate of drug-likeness (QED) is 0.760. The molecule has 4 nitrogen and oxygen atoms in total. The third-order valence-corrected chi connectivity index (χ3v) is 2.65. The highest BCUT2D eigenvalue weighted by Gasteiger charge is 2.25. The molecule has 1 aliphatic rings. The summed E-state index contributed by atoms with van der Waals surface area (Å²) in [6.07, 6.45) is 0.444. The molecule has 1 aromatic carbocycles. The molecule has 0 saturated carbocycles. The lowest BCUT2D eigenvalue weighted by atomic mass is 9.97. The van der Waals surface area contributed by atoms with Gasteiger partial charge in [-0.2, -0.15) is 0 Å².